The van der Waals surface area contributed by atoms with E-state index in [0.717, 1.165) is 25.6 Å². The minimum Gasteiger partial charge on any atom is -0.393 e. The Bertz CT molecular complexity index is 202. The molecule has 3 nitrogen and oxygen atoms in total. The van der Waals surface area contributed by atoms with Crippen LogP contribution in [0.5, 0.6) is 0 Å². The Labute approximate surface area is 92.6 Å². The van der Waals surface area contributed by atoms with Gasteiger partial charge in [-0.3, -0.25) is 4.90 Å². The van der Waals surface area contributed by atoms with E-state index in [1.54, 1.807) is 0 Å². The molecule has 0 aromatic heterocycles. The number of piperidine rings is 1. The maximum atomic E-state index is 9.67. The van der Waals surface area contributed by atoms with E-state index < -0.39 is 0 Å². The highest BCUT2D eigenvalue weighted by Crippen LogP contribution is 2.28. The zero-order valence-electron chi connectivity index (χ0n) is 9.73. The third-order valence-electron chi connectivity index (χ3n) is 4.07. The van der Waals surface area contributed by atoms with Crippen LogP contribution >= 0.6 is 0 Å². The van der Waals surface area contributed by atoms with Crippen LogP contribution in [0.15, 0.2) is 0 Å². The van der Waals surface area contributed by atoms with Crippen LogP contribution in [0.4, 0.5) is 0 Å². The Morgan fingerprint density at radius 3 is 2.53 bits per heavy atom. The lowest BCUT2D eigenvalue weighted by atomic mass is 9.89. The maximum Gasteiger partial charge on any atom is 0.0553 e. The minimum absolute atomic E-state index is 0.208. The van der Waals surface area contributed by atoms with Gasteiger partial charge >= 0.3 is 0 Å². The van der Waals surface area contributed by atoms with Gasteiger partial charge in [0.05, 0.1) is 6.10 Å². The number of rotatable bonds is 2. The van der Waals surface area contributed by atoms with Crippen molar-refractivity contribution >= 4 is 0 Å². The molecule has 3 N–H and O–H groups in total. The van der Waals surface area contributed by atoms with Crippen molar-refractivity contribution in [2.24, 2.45) is 11.7 Å². The second-order valence-electron chi connectivity index (χ2n) is 5.39. The van der Waals surface area contributed by atoms with Crippen molar-refractivity contribution < 1.29 is 5.11 Å². The van der Waals surface area contributed by atoms with Crippen LogP contribution in [-0.2, 0) is 0 Å². The van der Waals surface area contributed by atoms with Crippen LogP contribution in [0.2, 0.25) is 0 Å². The van der Waals surface area contributed by atoms with Crippen LogP contribution in [0.25, 0.3) is 0 Å². The second-order valence-corrected chi connectivity index (χ2v) is 5.39. The summed E-state index contributed by atoms with van der Waals surface area (Å²) in [6, 6.07) is 1.01. The number of nitrogens with two attached hydrogens (primary N) is 1. The van der Waals surface area contributed by atoms with Crippen LogP contribution in [0.3, 0.4) is 0 Å². The van der Waals surface area contributed by atoms with Crippen LogP contribution in [-0.4, -0.2) is 41.3 Å². The van der Waals surface area contributed by atoms with E-state index >= 15 is 0 Å². The molecule has 1 saturated carbocycles. The van der Waals surface area contributed by atoms with Gasteiger partial charge in [0.1, 0.15) is 0 Å². The van der Waals surface area contributed by atoms with E-state index in [-0.39, 0.29) is 12.1 Å². The lowest BCUT2D eigenvalue weighted by molar-refractivity contribution is 0.0368. The number of aliphatic hydroxyl groups excluding tert-OH is 1. The molecule has 3 atom stereocenters. The van der Waals surface area contributed by atoms with Gasteiger partial charge < -0.3 is 10.8 Å². The highest BCUT2D eigenvalue weighted by atomic mass is 16.3. The van der Waals surface area contributed by atoms with Crippen molar-refractivity contribution in [2.75, 3.05) is 13.1 Å². The predicted octanol–water partition coefficient (Wildman–Crippen LogP) is 0.959. The molecule has 0 radical (unpaired) electrons. The fourth-order valence-electron chi connectivity index (χ4n) is 3.13. The monoisotopic (exact) mass is 212 g/mol. The zero-order chi connectivity index (χ0) is 10.8. The first-order chi connectivity index (χ1) is 7.16. The normalized spacial score (nSPS) is 37.0. The largest absolute Gasteiger partial charge is 0.393 e. The van der Waals surface area contributed by atoms with E-state index in [1.807, 2.05) is 6.92 Å². The molecule has 1 saturated heterocycles. The van der Waals surface area contributed by atoms with Crippen molar-refractivity contribution in [3.05, 3.63) is 0 Å². The van der Waals surface area contributed by atoms with E-state index in [0.29, 0.717) is 5.92 Å². The van der Waals surface area contributed by atoms with Crippen molar-refractivity contribution in [1.29, 1.82) is 0 Å². The Balaban J connectivity index is 1.93. The smallest absolute Gasteiger partial charge is 0.0553 e. The molecule has 1 aliphatic carbocycles. The van der Waals surface area contributed by atoms with Gasteiger partial charge in [0.25, 0.3) is 0 Å². The van der Waals surface area contributed by atoms with Crippen molar-refractivity contribution in [1.82, 2.24) is 4.90 Å². The lowest BCUT2D eigenvalue weighted by Crippen LogP contribution is -2.52. The lowest BCUT2D eigenvalue weighted by Gasteiger charge is -2.40. The Kier molecular flexibility index (Phi) is 3.65. The van der Waals surface area contributed by atoms with E-state index in [2.05, 4.69) is 4.90 Å². The van der Waals surface area contributed by atoms with Gasteiger partial charge in [-0.1, -0.05) is 12.8 Å². The molecule has 0 spiro atoms. The van der Waals surface area contributed by atoms with E-state index in [9.17, 15) is 5.11 Å². The average molecular weight is 212 g/mol. The van der Waals surface area contributed by atoms with Gasteiger partial charge in [-0.15, -0.1) is 0 Å². The number of aliphatic hydroxyl groups is 1. The summed E-state index contributed by atoms with van der Waals surface area (Å²) < 4.78 is 0. The van der Waals surface area contributed by atoms with E-state index in [4.69, 9.17) is 5.73 Å². The number of nitrogens with zero attached hydrogens (tertiary/aromatic N) is 1. The van der Waals surface area contributed by atoms with Gasteiger partial charge in [0.15, 0.2) is 0 Å². The van der Waals surface area contributed by atoms with Crippen LogP contribution in [0.1, 0.15) is 39.0 Å². The topological polar surface area (TPSA) is 49.5 Å². The second kappa shape index (κ2) is 4.81. The molecular weight excluding hydrogens is 188 g/mol. The molecule has 88 valence electrons. The fourth-order valence-corrected chi connectivity index (χ4v) is 3.13. The molecule has 2 rings (SSSR count). The quantitative estimate of drug-likeness (QED) is 0.717. The summed E-state index contributed by atoms with van der Waals surface area (Å²) in [5.41, 5.74) is 6.07. The molecule has 1 heterocycles. The van der Waals surface area contributed by atoms with Gasteiger partial charge in [0.2, 0.25) is 0 Å². The zero-order valence-corrected chi connectivity index (χ0v) is 9.73. The summed E-state index contributed by atoms with van der Waals surface area (Å²) in [6.07, 6.45) is 6.19. The summed E-state index contributed by atoms with van der Waals surface area (Å²) in [5, 5.41) is 9.67. The van der Waals surface area contributed by atoms with Gasteiger partial charge in [-0.2, -0.15) is 0 Å². The summed E-state index contributed by atoms with van der Waals surface area (Å²) in [5.74, 6) is 0.384. The van der Waals surface area contributed by atoms with Crippen molar-refractivity contribution in [3.8, 4) is 0 Å². The molecule has 2 fully saturated rings. The van der Waals surface area contributed by atoms with Crippen molar-refractivity contribution in [2.45, 2.75) is 57.2 Å². The summed E-state index contributed by atoms with van der Waals surface area (Å²) in [4.78, 5) is 2.53. The molecule has 3 heteroatoms. The van der Waals surface area contributed by atoms with Crippen LogP contribution in [0, 0.1) is 5.92 Å². The van der Waals surface area contributed by atoms with Gasteiger partial charge in [0, 0.05) is 25.2 Å². The molecule has 1 aliphatic heterocycles. The Morgan fingerprint density at radius 1 is 1.27 bits per heavy atom. The highest BCUT2D eigenvalue weighted by Gasteiger charge is 2.32. The highest BCUT2D eigenvalue weighted by molar-refractivity contribution is 4.88. The molecule has 0 aromatic rings. The average Bonchev–Trinajstić information content (AvgIpc) is 2.69. The SMILES string of the molecule is CC(O)C1CC(N)CN(C2CCCC2)C1. The maximum absolute atomic E-state index is 9.67. The molecule has 0 aromatic carbocycles. The fraction of sp³-hybridized carbons (Fsp3) is 1.00. The molecule has 15 heavy (non-hydrogen) atoms. The van der Waals surface area contributed by atoms with Crippen molar-refractivity contribution in [3.63, 3.8) is 0 Å². The summed E-state index contributed by atoms with van der Waals surface area (Å²) in [7, 11) is 0. The van der Waals surface area contributed by atoms with E-state index in [1.165, 1.54) is 25.7 Å². The number of hydrogen-bond acceptors (Lipinski definition) is 3. The first-order valence-electron chi connectivity index (χ1n) is 6.34. The third-order valence-corrected chi connectivity index (χ3v) is 4.07. The van der Waals surface area contributed by atoms with Gasteiger partial charge in [-0.05, 0) is 32.1 Å². The summed E-state index contributed by atoms with van der Waals surface area (Å²) in [6.45, 7) is 3.99. The Hall–Kier alpha value is -0.120. The standard InChI is InChI=1S/C12H24N2O/c1-9(15)10-6-11(13)8-14(7-10)12-4-2-3-5-12/h9-12,15H,2-8,13H2,1H3. The first kappa shape index (κ1) is 11.4. The minimum atomic E-state index is -0.208. The third kappa shape index (κ3) is 2.71. The molecular formula is C12H24N2O. The predicted molar refractivity (Wildman–Crippen MR) is 61.6 cm³/mol. The molecule has 2 aliphatic rings. The Morgan fingerprint density at radius 2 is 1.93 bits per heavy atom. The summed E-state index contributed by atoms with van der Waals surface area (Å²) >= 11 is 0. The first-order valence-corrected chi connectivity index (χ1v) is 6.34. The molecule has 0 bridgehead atoms. The van der Waals surface area contributed by atoms with Gasteiger partial charge in [-0.25, -0.2) is 0 Å². The molecule has 0 amide bonds. The number of hydrogen-bond donors (Lipinski definition) is 2. The van der Waals surface area contributed by atoms with Crippen LogP contribution < -0.4 is 5.73 Å². The molecule has 3 unspecified atom stereocenters. The number of likely N-dealkylation sites (tertiary alicyclic amines) is 1.